The van der Waals surface area contributed by atoms with Crippen molar-refractivity contribution in [3.8, 4) is 0 Å². The maximum Gasteiger partial charge on any atom is 0.386 e. The zero-order valence-corrected chi connectivity index (χ0v) is 33.5. The van der Waals surface area contributed by atoms with Crippen molar-refractivity contribution in [2.45, 2.75) is 63.1 Å². The van der Waals surface area contributed by atoms with Crippen molar-refractivity contribution in [1.29, 1.82) is 0 Å². The van der Waals surface area contributed by atoms with Crippen LogP contribution < -0.4 is 16.2 Å². The molecule has 0 saturated carbocycles. The molecule has 58 heavy (non-hydrogen) atoms. The summed E-state index contributed by atoms with van der Waals surface area (Å²) in [7, 11) is 0. The van der Waals surface area contributed by atoms with Crippen LogP contribution in [-0.4, -0.2) is 101 Å². The van der Waals surface area contributed by atoms with Gasteiger partial charge in [0.1, 0.15) is 30.7 Å². The number of aromatic amines is 1. The molecule has 1 aromatic carbocycles. The Morgan fingerprint density at radius 3 is 2.00 bits per heavy atom. The molecule has 5 aromatic rings. The minimum absolute atomic E-state index is 0.0192. The van der Waals surface area contributed by atoms with Gasteiger partial charge >= 0.3 is 13.6 Å². The van der Waals surface area contributed by atoms with Crippen LogP contribution in [0.15, 0.2) is 54.1 Å². The molecule has 0 bridgehead atoms. The minimum atomic E-state index is -4.55. The molecule has 0 aliphatic carbocycles. The van der Waals surface area contributed by atoms with Crippen LogP contribution in [-0.2, 0) is 41.5 Å². The lowest BCUT2D eigenvalue weighted by atomic mass is 10.1. The van der Waals surface area contributed by atoms with Gasteiger partial charge in [-0.2, -0.15) is 4.98 Å². The lowest BCUT2D eigenvalue weighted by Crippen LogP contribution is -2.36. The molecule has 3 N–H and O–H groups in total. The van der Waals surface area contributed by atoms with Crippen molar-refractivity contribution < 1.29 is 55.1 Å². The minimum Gasteiger partial charge on any atom is -0.346 e. The average Bonchev–Trinajstić information content (AvgIpc) is 3.94. The third-order valence-corrected chi connectivity index (χ3v) is 12.4. The first kappa shape index (κ1) is 40.6. The molecule has 21 nitrogen and oxygen atoms in total. The highest BCUT2D eigenvalue weighted by Crippen LogP contribution is 2.60. The Labute approximate surface area is 335 Å². The van der Waals surface area contributed by atoms with Crippen LogP contribution in [0.4, 0.5) is 20.5 Å². The summed E-state index contributed by atoms with van der Waals surface area (Å²) in [5.74, 6) is -1.64. The molecule has 3 aliphatic rings. The average molecular weight is 885 g/mol. The number of rotatable bonds is 6. The number of halogens is 2. The van der Waals surface area contributed by atoms with Gasteiger partial charge in [-0.15, -0.1) is 0 Å². The highest BCUT2D eigenvalue weighted by Gasteiger charge is 2.54. The van der Waals surface area contributed by atoms with Crippen molar-refractivity contribution >= 4 is 84.0 Å². The molecule has 3 aliphatic heterocycles. The van der Waals surface area contributed by atoms with Crippen molar-refractivity contribution in [1.82, 2.24) is 39.0 Å². The van der Waals surface area contributed by atoms with Gasteiger partial charge in [0.25, 0.3) is 11.5 Å². The quantitative estimate of drug-likeness (QED) is 0.118. The summed E-state index contributed by atoms with van der Waals surface area (Å²) in [6.07, 6.45) is -10.7. The maximum atomic E-state index is 16.4. The summed E-state index contributed by atoms with van der Waals surface area (Å²) < 4.78 is 96.2. The molecule has 3 fully saturated rings. The molecular formula is C31H32F2N10O11P2S2. The molecule has 0 unspecified atom stereocenters. The number of carbonyl (C=O) groups is 2. The topological polar surface area (TPSA) is 255 Å². The lowest BCUT2D eigenvalue weighted by molar-refractivity contribution is -0.118. The number of alkyl halides is 2. The van der Waals surface area contributed by atoms with Gasteiger partial charge in [0.15, 0.2) is 52.9 Å². The summed E-state index contributed by atoms with van der Waals surface area (Å²) in [6, 6.07) is 8.30. The first-order chi connectivity index (χ1) is 27.6. The number of carbonyl (C=O) groups excluding carboxylic acids is 2. The normalized spacial score (nSPS) is 31.7. The molecule has 8 rings (SSSR count). The number of imidazole rings is 2. The predicted octanol–water partition coefficient (Wildman–Crippen LogP) is 4.17. The molecule has 10 atom stereocenters. The molecule has 7 heterocycles. The van der Waals surface area contributed by atoms with Crippen LogP contribution in [0.25, 0.3) is 22.3 Å². The predicted molar refractivity (Wildman–Crippen MR) is 204 cm³/mol. The number of thiol groups is 2. The van der Waals surface area contributed by atoms with E-state index in [2.05, 4.69) is 65.0 Å². The lowest BCUT2D eigenvalue weighted by Gasteiger charge is -2.28. The van der Waals surface area contributed by atoms with Gasteiger partial charge < -0.3 is 14.8 Å². The van der Waals surface area contributed by atoms with Crippen LogP contribution in [0, 0.1) is 5.92 Å². The standard InChI is InChI=1S/C31H32F2N10O11P2S2/c1-13(2)26(44)40-31-39-25-20(28(46)41-31)37-12-43(25)30-18(33)22-16(52-30)9-50-55(47,57)53-21-15(8-49-56(48,58)54-22)51-29(17(21)32)42-11-36-19-23(34-10-35-24(19)42)38-27(45)14-6-4-3-5-7-14/h3-7,10-13,15-18,21-22,29-30H,8-9H2,1-2H3,(H,47,57)(H,48,58)(H,34,35,38,45)(H2,39,40,41,44,46)/t15-,16-,17-,18-,21-,22-,29-,30-,55-,56-/m1/s1. The number of ether oxygens (including phenoxy) is 2. The van der Waals surface area contributed by atoms with E-state index in [0.717, 1.165) is 17.2 Å². The molecule has 2 amide bonds. The fourth-order valence-corrected chi connectivity index (χ4v) is 9.36. The van der Waals surface area contributed by atoms with Crippen LogP contribution >= 0.6 is 38.1 Å². The second kappa shape index (κ2) is 15.8. The number of amides is 2. The summed E-state index contributed by atoms with van der Waals surface area (Å²) >= 11 is 8.06. The van der Waals surface area contributed by atoms with Crippen LogP contribution in [0.3, 0.4) is 0 Å². The number of hydrogen-bond donors (Lipinski definition) is 5. The molecule has 0 radical (unpaired) electrons. The van der Waals surface area contributed by atoms with E-state index in [0.29, 0.717) is 5.56 Å². The number of benzene rings is 1. The van der Waals surface area contributed by atoms with E-state index >= 15 is 8.78 Å². The van der Waals surface area contributed by atoms with E-state index in [1.54, 1.807) is 44.2 Å². The Morgan fingerprint density at radius 1 is 0.845 bits per heavy atom. The van der Waals surface area contributed by atoms with E-state index in [1.807, 2.05) is 0 Å². The third kappa shape index (κ3) is 7.95. The van der Waals surface area contributed by atoms with Gasteiger partial charge in [-0.05, 0) is 12.1 Å². The zero-order valence-electron chi connectivity index (χ0n) is 29.9. The first-order valence-electron chi connectivity index (χ1n) is 17.3. The van der Waals surface area contributed by atoms with E-state index in [1.165, 1.54) is 10.9 Å². The number of nitrogens with one attached hydrogen (secondary N) is 3. The summed E-state index contributed by atoms with van der Waals surface area (Å²) in [5.41, 5.74) is -0.715. The van der Waals surface area contributed by atoms with Crippen molar-refractivity contribution in [2.24, 2.45) is 5.92 Å². The van der Waals surface area contributed by atoms with Gasteiger partial charge in [-0.3, -0.25) is 51.9 Å². The number of hydrogen-bond acceptors (Lipinski definition) is 16. The van der Waals surface area contributed by atoms with Crippen molar-refractivity contribution in [3.63, 3.8) is 0 Å². The maximum absolute atomic E-state index is 16.4. The Morgan fingerprint density at radius 2 is 1.41 bits per heavy atom. The molecule has 3 saturated heterocycles. The smallest absolute Gasteiger partial charge is 0.346 e. The third-order valence-electron chi connectivity index (χ3n) is 9.22. The Kier molecular flexibility index (Phi) is 11.1. The number of fused-ring (bicyclic) bond motifs is 4. The Balaban J connectivity index is 1.03. The van der Waals surface area contributed by atoms with Crippen LogP contribution in [0.1, 0.15) is 36.7 Å². The van der Waals surface area contributed by atoms with Gasteiger partial charge in [0.2, 0.25) is 11.9 Å². The van der Waals surface area contributed by atoms with Crippen LogP contribution in [0.5, 0.6) is 0 Å². The van der Waals surface area contributed by atoms with E-state index in [4.69, 9.17) is 27.6 Å². The largest absolute Gasteiger partial charge is 0.386 e. The Hall–Kier alpha value is -4.16. The van der Waals surface area contributed by atoms with Gasteiger partial charge in [0.05, 0.1) is 25.9 Å². The highest BCUT2D eigenvalue weighted by atomic mass is 32.7. The van der Waals surface area contributed by atoms with Gasteiger partial charge in [0, 0.05) is 11.5 Å². The van der Waals surface area contributed by atoms with E-state index < -0.39 is 99.3 Å². The summed E-state index contributed by atoms with van der Waals surface area (Å²) in [4.78, 5) is 61.0. The Bertz CT molecular complexity index is 2550. The highest BCUT2D eigenvalue weighted by molar-refractivity contribution is 8.44. The van der Waals surface area contributed by atoms with Crippen molar-refractivity contribution in [3.05, 3.63) is 65.2 Å². The SMILES string of the molecule is CC(C)C(=O)Nc1nc2c(ncn2[C@@H]2O[C@@H]3CO[P@@](=O)(S)O[C@H]4[C@@H](F)[C@H](n5cnc6c(NC(=O)c7ccccc7)ncnc65)O[C@@H]4CO[P@@](=O)(S)O[C@H]3[C@H]2F)c(=O)[nH]1. The fraction of sp³-hybridized carbons (Fsp3) is 0.419. The number of H-pyrrole nitrogens is 1. The molecule has 27 heteroatoms. The molecular weight excluding hydrogens is 852 g/mol. The van der Waals surface area contributed by atoms with E-state index in [-0.39, 0.29) is 34.1 Å². The number of nitrogens with zero attached hydrogens (tertiary/aromatic N) is 7. The first-order valence-corrected chi connectivity index (χ1v) is 22.7. The van der Waals surface area contributed by atoms with Crippen molar-refractivity contribution in [2.75, 3.05) is 23.8 Å². The van der Waals surface area contributed by atoms with Gasteiger partial charge in [-0.1, -0.05) is 56.5 Å². The second-order valence-electron chi connectivity index (χ2n) is 13.4. The molecule has 4 aromatic heterocycles. The molecule has 0 spiro atoms. The fourth-order valence-electron chi connectivity index (χ4n) is 6.39. The monoisotopic (exact) mass is 884 g/mol. The van der Waals surface area contributed by atoms with E-state index in [9.17, 15) is 23.5 Å². The summed E-state index contributed by atoms with van der Waals surface area (Å²) in [5, 5.41) is 5.10. The zero-order chi connectivity index (χ0) is 41.1. The number of anilines is 2. The van der Waals surface area contributed by atoms with Gasteiger partial charge in [-0.25, -0.2) is 37.8 Å². The summed E-state index contributed by atoms with van der Waals surface area (Å²) in [6.45, 7) is -7.38. The second-order valence-corrected chi connectivity index (χ2v) is 19.2. The number of aromatic nitrogens is 8. The molecule has 308 valence electrons. The van der Waals surface area contributed by atoms with Crippen LogP contribution in [0.2, 0.25) is 0 Å².